The lowest BCUT2D eigenvalue weighted by Gasteiger charge is -2.19. The first kappa shape index (κ1) is 10.8. The van der Waals surface area contributed by atoms with Crippen molar-refractivity contribution in [2.24, 2.45) is 5.73 Å². The Hall–Kier alpha value is -1.24. The Balaban J connectivity index is 3.08. The minimum absolute atomic E-state index is 0.480. The third-order valence-electron chi connectivity index (χ3n) is 1.98. The van der Waals surface area contributed by atoms with Gasteiger partial charge in [0.05, 0.1) is 16.3 Å². The van der Waals surface area contributed by atoms with Gasteiger partial charge in [-0.3, -0.25) is 0 Å². The molecule has 0 aromatic heterocycles. The fourth-order valence-corrected chi connectivity index (χ4v) is 1.47. The van der Waals surface area contributed by atoms with Gasteiger partial charge < -0.3 is 10.6 Å². The first-order valence-corrected chi connectivity index (χ1v) is 4.68. The summed E-state index contributed by atoms with van der Waals surface area (Å²) in [5, 5.41) is 9.40. The maximum Gasteiger partial charge on any atom is 0.103 e. The Morgan fingerprint density at radius 3 is 2.86 bits per heavy atom. The third kappa shape index (κ3) is 2.16. The van der Waals surface area contributed by atoms with Crippen LogP contribution >= 0.6 is 11.6 Å². The number of halogens is 1. The first-order valence-electron chi connectivity index (χ1n) is 4.30. The zero-order valence-corrected chi connectivity index (χ0v) is 8.75. The van der Waals surface area contributed by atoms with Crippen molar-refractivity contribution in [3.05, 3.63) is 28.8 Å². The van der Waals surface area contributed by atoms with Crippen LogP contribution in [-0.4, -0.2) is 20.1 Å². The van der Waals surface area contributed by atoms with Gasteiger partial charge in [-0.2, -0.15) is 5.26 Å². The average Bonchev–Trinajstić information content (AvgIpc) is 2.17. The summed E-state index contributed by atoms with van der Waals surface area (Å²) < 4.78 is 0. The molecule has 0 saturated carbocycles. The fraction of sp³-hybridized carbons (Fsp3) is 0.300. The molecular weight excluding hydrogens is 198 g/mol. The maximum atomic E-state index is 8.92. The van der Waals surface area contributed by atoms with Crippen molar-refractivity contribution in [3.63, 3.8) is 0 Å². The van der Waals surface area contributed by atoms with Gasteiger partial charge in [0, 0.05) is 20.1 Å². The van der Waals surface area contributed by atoms with Gasteiger partial charge in [-0.25, -0.2) is 0 Å². The summed E-state index contributed by atoms with van der Waals surface area (Å²) >= 11 is 5.89. The molecule has 4 heteroatoms. The molecule has 74 valence electrons. The molecule has 0 heterocycles. The van der Waals surface area contributed by atoms with E-state index in [9.17, 15) is 0 Å². The summed E-state index contributed by atoms with van der Waals surface area (Å²) in [6.45, 7) is 1.25. The van der Waals surface area contributed by atoms with E-state index in [1.165, 1.54) is 0 Å². The van der Waals surface area contributed by atoms with Gasteiger partial charge in [0.15, 0.2) is 0 Å². The number of nitrogens with two attached hydrogens (primary N) is 1. The quantitative estimate of drug-likeness (QED) is 0.823. The molecule has 0 amide bonds. The minimum Gasteiger partial charge on any atom is -0.372 e. The zero-order valence-electron chi connectivity index (χ0n) is 8.00. The molecule has 2 N–H and O–H groups in total. The van der Waals surface area contributed by atoms with Gasteiger partial charge in [-0.15, -0.1) is 0 Å². The van der Waals surface area contributed by atoms with Crippen LogP contribution in [0.5, 0.6) is 0 Å². The second-order valence-electron chi connectivity index (χ2n) is 2.96. The van der Waals surface area contributed by atoms with Crippen LogP contribution in [0.1, 0.15) is 5.56 Å². The molecule has 0 radical (unpaired) electrons. The van der Waals surface area contributed by atoms with Gasteiger partial charge in [0.1, 0.15) is 6.07 Å². The van der Waals surface area contributed by atoms with Crippen LogP contribution in [0.2, 0.25) is 5.02 Å². The summed E-state index contributed by atoms with van der Waals surface area (Å²) in [5.41, 5.74) is 6.77. The summed E-state index contributed by atoms with van der Waals surface area (Å²) in [7, 11) is 1.89. The first-order chi connectivity index (χ1) is 6.70. The lowest BCUT2D eigenvalue weighted by molar-refractivity contribution is 0.884. The molecule has 14 heavy (non-hydrogen) atoms. The number of nitriles is 1. The molecular formula is C10H12ClN3. The van der Waals surface area contributed by atoms with Crippen LogP contribution in [-0.2, 0) is 0 Å². The number of benzene rings is 1. The van der Waals surface area contributed by atoms with Gasteiger partial charge in [-0.05, 0) is 12.1 Å². The van der Waals surface area contributed by atoms with Crippen LogP contribution in [0.4, 0.5) is 5.69 Å². The summed E-state index contributed by atoms with van der Waals surface area (Å²) in [6.07, 6.45) is 0. The SMILES string of the molecule is CN(CCN)c1cccc(Cl)c1C#N. The zero-order chi connectivity index (χ0) is 10.6. The van der Waals surface area contributed by atoms with Crippen molar-refractivity contribution >= 4 is 17.3 Å². The topological polar surface area (TPSA) is 53.0 Å². The fourth-order valence-electron chi connectivity index (χ4n) is 1.26. The van der Waals surface area contributed by atoms with E-state index in [4.69, 9.17) is 22.6 Å². The van der Waals surface area contributed by atoms with Gasteiger partial charge >= 0.3 is 0 Å². The highest BCUT2D eigenvalue weighted by Crippen LogP contribution is 2.25. The largest absolute Gasteiger partial charge is 0.372 e. The molecule has 0 saturated heterocycles. The van der Waals surface area contributed by atoms with Gasteiger partial charge in [0.2, 0.25) is 0 Å². The molecule has 0 spiro atoms. The molecule has 3 nitrogen and oxygen atoms in total. The highest BCUT2D eigenvalue weighted by Gasteiger charge is 2.09. The standard InChI is InChI=1S/C10H12ClN3/c1-14(6-5-12)10-4-2-3-9(11)8(10)7-13/h2-4H,5-6,12H2,1H3. The molecule has 0 atom stereocenters. The normalized spacial score (nSPS) is 9.57. The molecule has 1 rings (SSSR count). The van der Waals surface area contributed by atoms with Crippen molar-refractivity contribution in [2.75, 3.05) is 25.0 Å². The van der Waals surface area contributed by atoms with Crippen LogP contribution in [0.25, 0.3) is 0 Å². The predicted molar refractivity (Wildman–Crippen MR) is 58.5 cm³/mol. The highest BCUT2D eigenvalue weighted by atomic mass is 35.5. The average molecular weight is 210 g/mol. The molecule has 1 aromatic rings. The smallest absolute Gasteiger partial charge is 0.103 e. The summed E-state index contributed by atoms with van der Waals surface area (Å²) in [4.78, 5) is 1.92. The van der Waals surface area contributed by atoms with Crippen molar-refractivity contribution < 1.29 is 0 Å². The van der Waals surface area contributed by atoms with E-state index < -0.39 is 0 Å². The van der Waals surface area contributed by atoms with Gasteiger partial charge in [-0.1, -0.05) is 17.7 Å². The molecule has 0 unspecified atom stereocenters. The number of likely N-dealkylation sites (N-methyl/N-ethyl adjacent to an activating group) is 1. The van der Waals surface area contributed by atoms with Crippen LogP contribution in [0, 0.1) is 11.3 Å². The van der Waals surface area contributed by atoms with Crippen molar-refractivity contribution in [1.29, 1.82) is 5.26 Å². The molecule has 0 aliphatic heterocycles. The molecule has 0 aliphatic rings. The Labute approximate surface area is 88.7 Å². The maximum absolute atomic E-state index is 8.92. The Kier molecular flexibility index (Phi) is 3.75. The van der Waals surface area contributed by atoms with Crippen LogP contribution < -0.4 is 10.6 Å². The molecule has 0 fully saturated rings. The summed E-state index contributed by atoms with van der Waals surface area (Å²) in [5.74, 6) is 0. The monoisotopic (exact) mass is 209 g/mol. The Bertz CT molecular complexity index is 357. The Morgan fingerprint density at radius 1 is 1.57 bits per heavy atom. The van der Waals surface area contributed by atoms with Crippen molar-refractivity contribution in [3.8, 4) is 6.07 Å². The number of hydrogen-bond donors (Lipinski definition) is 1. The number of rotatable bonds is 3. The number of nitrogens with zero attached hydrogens (tertiary/aromatic N) is 2. The molecule has 0 aliphatic carbocycles. The van der Waals surface area contributed by atoms with E-state index in [1.54, 1.807) is 6.07 Å². The van der Waals surface area contributed by atoms with Crippen molar-refractivity contribution in [1.82, 2.24) is 0 Å². The Morgan fingerprint density at radius 2 is 2.29 bits per heavy atom. The van der Waals surface area contributed by atoms with Crippen LogP contribution in [0.3, 0.4) is 0 Å². The van der Waals surface area contributed by atoms with E-state index in [0.717, 1.165) is 5.69 Å². The van der Waals surface area contributed by atoms with E-state index in [2.05, 4.69) is 6.07 Å². The number of hydrogen-bond acceptors (Lipinski definition) is 3. The molecule has 0 bridgehead atoms. The minimum atomic E-state index is 0.480. The summed E-state index contributed by atoms with van der Waals surface area (Å²) in [6, 6.07) is 7.48. The predicted octanol–water partition coefficient (Wildman–Crippen LogP) is 1.61. The second-order valence-corrected chi connectivity index (χ2v) is 3.36. The lowest BCUT2D eigenvalue weighted by atomic mass is 10.2. The van der Waals surface area contributed by atoms with E-state index >= 15 is 0 Å². The van der Waals surface area contributed by atoms with E-state index in [-0.39, 0.29) is 0 Å². The second kappa shape index (κ2) is 4.85. The van der Waals surface area contributed by atoms with Gasteiger partial charge in [0.25, 0.3) is 0 Å². The molecule has 1 aromatic carbocycles. The highest BCUT2D eigenvalue weighted by molar-refractivity contribution is 6.32. The lowest BCUT2D eigenvalue weighted by Crippen LogP contribution is -2.25. The van der Waals surface area contributed by atoms with Crippen molar-refractivity contribution in [2.45, 2.75) is 0 Å². The number of anilines is 1. The van der Waals surface area contributed by atoms with E-state index in [1.807, 2.05) is 24.1 Å². The van der Waals surface area contributed by atoms with Crippen LogP contribution in [0.15, 0.2) is 18.2 Å². The van der Waals surface area contributed by atoms with E-state index in [0.29, 0.717) is 23.7 Å². The third-order valence-corrected chi connectivity index (χ3v) is 2.29.